The summed E-state index contributed by atoms with van der Waals surface area (Å²) < 4.78 is 0. The average Bonchev–Trinajstić information content (AvgIpc) is 2.79. The van der Waals surface area contributed by atoms with E-state index in [1.807, 2.05) is 13.8 Å². The Kier molecular flexibility index (Phi) is 5.50. The Morgan fingerprint density at radius 1 is 1.53 bits per heavy atom. The lowest BCUT2D eigenvalue weighted by atomic mass is 10.0. The number of carboxylic acid groups (broad SMARTS) is 1. The third kappa shape index (κ3) is 5.09. The molecular formula is C12H20N4O3. The highest BCUT2D eigenvalue weighted by Gasteiger charge is 2.24. The van der Waals surface area contributed by atoms with Crippen LogP contribution in [0.25, 0.3) is 0 Å². The zero-order valence-electron chi connectivity index (χ0n) is 11.1. The van der Waals surface area contributed by atoms with E-state index in [9.17, 15) is 9.59 Å². The van der Waals surface area contributed by atoms with Gasteiger partial charge in [0, 0.05) is 18.3 Å². The summed E-state index contributed by atoms with van der Waals surface area (Å²) >= 11 is 0. The van der Waals surface area contributed by atoms with Crippen LogP contribution in [-0.2, 0) is 16.0 Å². The smallest absolute Gasteiger partial charge is 0.326 e. The van der Waals surface area contributed by atoms with E-state index in [0.29, 0.717) is 12.1 Å². The largest absolute Gasteiger partial charge is 0.480 e. The maximum Gasteiger partial charge on any atom is 0.326 e. The molecule has 0 saturated carbocycles. The average molecular weight is 268 g/mol. The molecule has 0 saturated heterocycles. The molecule has 0 aliphatic rings. The molecular weight excluding hydrogens is 248 g/mol. The van der Waals surface area contributed by atoms with Crippen molar-refractivity contribution in [2.45, 2.75) is 38.8 Å². The lowest BCUT2D eigenvalue weighted by molar-refractivity contribution is -0.142. The number of rotatable bonds is 7. The number of carbonyl (C=O) groups is 2. The fourth-order valence-corrected chi connectivity index (χ4v) is 1.71. The van der Waals surface area contributed by atoms with Crippen LogP contribution in [-0.4, -0.2) is 39.0 Å². The van der Waals surface area contributed by atoms with Gasteiger partial charge in [-0.25, -0.2) is 9.78 Å². The highest BCUT2D eigenvalue weighted by atomic mass is 16.4. The normalized spacial score (nSPS) is 14.1. The van der Waals surface area contributed by atoms with Crippen molar-refractivity contribution in [3.63, 3.8) is 0 Å². The van der Waals surface area contributed by atoms with E-state index in [4.69, 9.17) is 10.8 Å². The molecule has 0 unspecified atom stereocenters. The van der Waals surface area contributed by atoms with Gasteiger partial charge in [-0.3, -0.25) is 4.79 Å². The number of aromatic amines is 1. The van der Waals surface area contributed by atoms with Gasteiger partial charge in [0.2, 0.25) is 5.91 Å². The maximum atomic E-state index is 11.8. The van der Waals surface area contributed by atoms with E-state index >= 15 is 0 Å². The van der Waals surface area contributed by atoms with Crippen LogP contribution in [0.5, 0.6) is 0 Å². The van der Waals surface area contributed by atoms with Crippen LogP contribution in [0.2, 0.25) is 0 Å². The van der Waals surface area contributed by atoms with E-state index in [1.165, 1.54) is 12.5 Å². The van der Waals surface area contributed by atoms with Gasteiger partial charge < -0.3 is 21.1 Å². The van der Waals surface area contributed by atoms with Crippen molar-refractivity contribution >= 4 is 11.9 Å². The highest BCUT2D eigenvalue weighted by molar-refractivity contribution is 5.86. The van der Waals surface area contributed by atoms with Gasteiger partial charge in [-0.05, 0) is 12.3 Å². The monoisotopic (exact) mass is 268 g/mol. The van der Waals surface area contributed by atoms with Gasteiger partial charge in [0.15, 0.2) is 0 Å². The Bertz CT molecular complexity index is 417. The number of hydrogen-bond donors (Lipinski definition) is 4. The van der Waals surface area contributed by atoms with Crippen LogP contribution in [0.15, 0.2) is 12.5 Å². The number of H-pyrrole nitrogens is 1. The summed E-state index contributed by atoms with van der Waals surface area (Å²) in [6.07, 6.45) is 3.65. The minimum absolute atomic E-state index is 0.148. The minimum atomic E-state index is -1.10. The summed E-state index contributed by atoms with van der Waals surface area (Å²) in [6.45, 7) is 3.90. The number of nitrogens with one attached hydrogen (secondary N) is 2. The first-order valence-corrected chi connectivity index (χ1v) is 6.16. The summed E-state index contributed by atoms with van der Waals surface area (Å²) in [5, 5.41) is 11.5. The second kappa shape index (κ2) is 6.89. The Morgan fingerprint density at radius 3 is 2.68 bits per heavy atom. The van der Waals surface area contributed by atoms with E-state index in [1.54, 1.807) is 0 Å². The molecule has 7 heteroatoms. The third-order valence-corrected chi connectivity index (χ3v) is 2.66. The molecule has 1 aromatic rings. The van der Waals surface area contributed by atoms with Crippen molar-refractivity contribution in [1.82, 2.24) is 15.3 Å². The van der Waals surface area contributed by atoms with E-state index < -0.39 is 24.0 Å². The van der Waals surface area contributed by atoms with Crippen molar-refractivity contribution in [3.8, 4) is 0 Å². The summed E-state index contributed by atoms with van der Waals surface area (Å²) in [6, 6.07) is -1.70. The van der Waals surface area contributed by atoms with Gasteiger partial charge in [-0.1, -0.05) is 13.8 Å². The predicted molar refractivity (Wildman–Crippen MR) is 69.3 cm³/mol. The van der Waals surface area contributed by atoms with Crippen LogP contribution in [0.3, 0.4) is 0 Å². The highest BCUT2D eigenvalue weighted by Crippen LogP contribution is 2.04. The number of carboxylic acids is 1. The molecule has 0 aromatic carbocycles. The lowest BCUT2D eigenvalue weighted by Gasteiger charge is -2.18. The molecule has 0 bridgehead atoms. The van der Waals surface area contributed by atoms with E-state index in [0.717, 1.165) is 0 Å². The van der Waals surface area contributed by atoms with Crippen LogP contribution < -0.4 is 11.1 Å². The molecule has 0 aliphatic carbocycles. The number of nitrogens with two attached hydrogens (primary N) is 1. The number of aliphatic carboxylic acids is 1. The predicted octanol–water partition coefficient (Wildman–Crippen LogP) is -0.105. The molecule has 1 rings (SSSR count). The molecule has 1 heterocycles. The zero-order chi connectivity index (χ0) is 14.4. The fraction of sp³-hybridized carbons (Fsp3) is 0.583. The van der Waals surface area contributed by atoms with Gasteiger partial charge in [-0.15, -0.1) is 0 Å². The second-order valence-corrected chi connectivity index (χ2v) is 4.92. The Labute approximate surface area is 111 Å². The van der Waals surface area contributed by atoms with E-state index in [-0.39, 0.29) is 12.3 Å². The van der Waals surface area contributed by atoms with Crippen molar-refractivity contribution in [2.24, 2.45) is 11.7 Å². The summed E-state index contributed by atoms with van der Waals surface area (Å²) in [5.41, 5.74) is 6.36. The Balaban J connectivity index is 2.58. The van der Waals surface area contributed by atoms with Crippen LogP contribution in [0, 0.1) is 5.92 Å². The minimum Gasteiger partial charge on any atom is -0.480 e. The molecule has 7 nitrogen and oxygen atoms in total. The number of amides is 1. The van der Waals surface area contributed by atoms with Gasteiger partial charge in [0.1, 0.15) is 6.04 Å². The van der Waals surface area contributed by atoms with E-state index in [2.05, 4.69) is 15.3 Å². The first-order valence-electron chi connectivity index (χ1n) is 6.16. The van der Waals surface area contributed by atoms with Crippen LogP contribution in [0.1, 0.15) is 26.0 Å². The van der Waals surface area contributed by atoms with Crippen molar-refractivity contribution < 1.29 is 14.7 Å². The van der Waals surface area contributed by atoms with Crippen LogP contribution in [0.4, 0.5) is 0 Å². The Morgan fingerprint density at radius 2 is 2.21 bits per heavy atom. The summed E-state index contributed by atoms with van der Waals surface area (Å²) in [7, 11) is 0. The van der Waals surface area contributed by atoms with Crippen LogP contribution >= 0.6 is 0 Å². The lowest BCUT2D eigenvalue weighted by Crippen LogP contribution is -2.49. The van der Waals surface area contributed by atoms with Gasteiger partial charge in [-0.2, -0.15) is 0 Å². The third-order valence-electron chi connectivity index (χ3n) is 2.66. The molecule has 0 spiro atoms. The number of imidazole rings is 1. The topological polar surface area (TPSA) is 121 Å². The van der Waals surface area contributed by atoms with Gasteiger partial charge in [0.25, 0.3) is 0 Å². The number of nitrogens with zero attached hydrogens (tertiary/aromatic N) is 1. The summed E-state index contributed by atoms with van der Waals surface area (Å²) in [4.78, 5) is 29.5. The van der Waals surface area contributed by atoms with Gasteiger partial charge in [0.05, 0.1) is 12.4 Å². The number of aromatic nitrogens is 2. The maximum absolute atomic E-state index is 11.8. The molecule has 1 aromatic heterocycles. The molecule has 0 fully saturated rings. The van der Waals surface area contributed by atoms with Crippen molar-refractivity contribution in [1.29, 1.82) is 0 Å². The fourth-order valence-electron chi connectivity index (χ4n) is 1.71. The van der Waals surface area contributed by atoms with Crippen molar-refractivity contribution in [2.75, 3.05) is 0 Å². The first kappa shape index (κ1) is 15.2. The standard InChI is InChI=1S/C12H20N4O3/c1-7(2)3-9(13)11(17)16-10(12(18)19)4-8-5-14-6-15-8/h5-7,9-10H,3-4,13H2,1-2H3,(H,14,15)(H,16,17)(H,18,19)/t9-,10+/m1/s1. The molecule has 2 atom stereocenters. The molecule has 106 valence electrons. The zero-order valence-corrected chi connectivity index (χ0v) is 11.1. The Hall–Kier alpha value is -1.89. The quantitative estimate of drug-likeness (QED) is 0.550. The molecule has 0 radical (unpaired) electrons. The summed E-state index contributed by atoms with van der Waals surface area (Å²) in [5.74, 6) is -1.27. The molecule has 19 heavy (non-hydrogen) atoms. The number of carbonyl (C=O) groups excluding carboxylic acids is 1. The SMILES string of the molecule is CC(C)C[C@@H](N)C(=O)N[C@@H](Cc1cnc[nH]1)C(=O)O. The molecule has 1 amide bonds. The number of hydrogen-bond acceptors (Lipinski definition) is 4. The molecule has 5 N–H and O–H groups in total. The second-order valence-electron chi connectivity index (χ2n) is 4.92. The van der Waals surface area contributed by atoms with Gasteiger partial charge >= 0.3 is 5.97 Å². The van der Waals surface area contributed by atoms with Crippen molar-refractivity contribution in [3.05, 3.63) is 18.2 Å². The molecule has 0 aliphatic heterocycles. The first-order chi connectivity index (χ1) is 8.90.